The number of allylic oxidation sites excluding steroid dienone is 1. The van der Waals surface area contributed by atoms with Crippen LogP contribution < -0.4 is 0 Å². The van der Waals surface area contributed by atoms with E-state index in [2.05, 4.69) is 5.10 Å². The summed E-state index contributed by atoms with van der Waals surface area (Å²) >= 11 is 0. The molecule has 0 saturated carbocycles. The highest BCUT2D eigenvalue weighted by Gasteiger charge is 2.28. The van der Waals surface area contributed by atoms with Gasteiger partial charge in [0, 0.05) is 6.20 Å². The third-order valence-corrected chi connectivity index (χ3v) is 3.40. The lowest BCUT2D eigenvalue weighted by atomic mass is 10.0. The smallest absolute Gasteiger partial charge is 0.320 e. The predicted molar refractivity (Wildman–Crippen MR) is 89.2 cm³/mol. The number of aliphatic carboxylic acids is 1. The van der Waals surface area contributed by atoms with E-state index in [0.29, 0.717) is 12.1 Å². The Labute approximate surface area is 140 Å². The molecule has 0 fully saturated rings. The van der Waals surface area contributed by atoms with Crippen molar-refractivity contribution >= 4 is 18.0 Å². The molecule has 24 heavy (non-hydrogen) atoms. The van der Waals surface area contributed by atoms with Gasteiger partial charge in [-0.05, 0) is 24.5 Å². The van der Waals surface area contributed by atoms with Crippen molar-refractivity contribution in [3.8, 4) is 0 Å². The number of ether oxygens (including phenoxy) is 1. The Balaban J connectivity index is 1.95. The van der Waals surface area contributed by atoms with Gasteiger partial charge in [-0.15, -0.1) is 0 Å². The number of carboxylic acid groups (broad SMARTS) is 1. The lowest BCUT2D eigenvalue weighted by molar-refractivity contribution is -0.158. The Morgan fingerprint density at radius 1 is 1.33 bits per heavy atom. The maximum atomic E-state index is 11.7. The van der Waals surface area contributed by atoms with Crippen LogP contribution in [-0.4, -0.2) is 33.4 Å². The van der Waals surface area contributed by atoms with Crippen molar-refractivity contribution in [2.45, 2.75) is 19.9 Å². The molecule has 0 aliphatic rings. The van der Waals surface area contributed by atoms with Crippen molar-refractivity contribution in [3.63, 3.8) is 0 Å². The highest BCUT2D eigenvalue weighted by molar-refractivity contribution is 5.94. The normalized spacial score (nSPS) is 12.2. The number of nitrogens with zero attached hydrogens (tertiary/aromatic N) is 2. The van der Waals surface area contributed by atoms with Gasteiger partial charge in [0.05, 0.1) is 19.3 Å². The molecule has 1 N–H and O–H groups in total. The Kier molecular flexibility index (Phi) is 6.31. The van der Waals surface area contributed by atoms with Gasteiger partial charge in [0.1, 0.15) is 0 Å². The first-order chi connectivity index (χ1) is 11.6. The van der Waals surface area contributed by atoms with Crippen LogP contribution in [-0.2, 0) is 27.3 Å². The van der Waals surface area contributed by atoms with Crippen LogP contribution in [0.5, 0.6) is 0 Å². The molecule has 1 aromatic heterocycles. The first-order valence-electron chi connectivity index (χ1n) is 7.72. The van der Waals surface area contributed by atoms with Gasteiger partial charge < -0.3 is 9.84 Å². The summed E-state index contributed by atoms with van der Waals surface area (Å²) in [6, 6.07) is 9.89. The topological polar surface area (TPSA) is 81.4 Å². The van der Waals surface area contributed by atoms with Crippen molar-refractivity contribution in [3.05, 3.63) is 59.9 Å². The van der Waals surface area contributed by atoms with Gasteiger partial charge in [-0.3, -0.25) is 14.3 Å². The largest absolute Gasteiger partial charge is 0.481 e. The number of carbonyl (C=O) groups is 2. The van der Waals surface area contributed by atoms with Gasteiger partial charge in [-0.2, -0.15) is 5.10 Å². The third-order valence-electron chi connectivity index (χ3n) is 3.40. The maximum Gasteiger partial charge on any atom is 0.320 e. The number of aromatic nitrogens is 2. The number of hydrogen-bond acceptors (Lipinski definition) is 4. The Morgan fingerprint density at radius 3 is 2.75 bits per heavy atom. The van der Waals surface area contributed by atoms with Gasteiger partial charge in [-0.1, -0.05) is 42.5 Å². The van der Waals surface area contributed by atoms with Crippen LogP contribution in [0.3, 0.4) is 0 Å². The summed E-state index contributed by atoms with van der Waals surface area (Å²) in [5.74, 6) is -3.12. The van der Waals surface area contributed by atoms with Crippen LogP contribution in [0.2, 0.25) is 0 Å². The molecule has 0 bridgehead atoms. The van der Waals surface area contributed by atoms with E-state index in [1.54, 1.807) is 24.0 Å². The summed E-state index contributed by atoms with van der Waals surface area (Å²) in [5, 5.41) is 13.4. The van der Waals surface area contributed by atoms with Crippen molar-refractivity contribution in [2.75, 3.05) is 6.61 Å². The molecule has 2 rings (SSSR count). The lowest BCUT2D eigenvalue weighted by Gasteiger charge is -2.09. The van der Waals surface area contributed by atoms with Crippen LogP contribution >= 0.6 is 0 Å². The molecular formula is C18H20N2O4. The van der Waals surface area contributed by atoms with Crippen molar-refractivity contribution in [1.29, 1.82) is 0 Å². The third kappa shape index (κ3) is 5.08. The molecule has 6 heteroatoms. The molecule has 2 aromatic rings. The number of benzene rings is 1. The molecule has 126 valence electrons. The predicted octanol–water partition coefficient (Wildman–Crippen LogP) is 2.40. The number of esters is 1. The molecule has 0 aliphatic heterocycles. The van der Waals surface area contributed by atoms with Crippen LogP contribution in [0, 0.1) is 5.92 Å². The lowest BCUT2D eigenvalue weighted by Crippen LogP contribution is -2.27. The minimum Gasteiger partial charge on any atom is -0.481 e. The second-order valence-electron chi connectivity index (χ2n) is 5.23. The van der Waals surface area contributed by atoms with E-state index >= 15 is 0 Å². The summed E-state index contributed by atoms with van der Waals surface area (Å²) < 4.78 is 6.49. The molecule has 6 nitrogen and oxygen atoms in total. The van der Waals surface area contributed by atoms with Crippen LogP contribution in [0.1, 0.15) is 18.1 Å². The minimum absolute atomic E-state index is 0.0660. The summed E-state index contributed by atoms with van der Waals surface area (Å²) in [5.41, 5.74) is 1.78. The number of rotatable bonds is 8. The zero-order chi connectivity index (χ0) is 17.4. The van der Waals surface area contributed by atoms with E-state index in [1.807, 2.05) is 42.5 Å². The summed E-state index contributed by atoms with van der Waals surface area (Å²) in [6.45, 7) is 2.37. The van der Waals surface area contributed by atoms with Crippen LogP contribution in [0.25, 0.3) is 6.08 Å². The fraction of sp³-hybridized carbons (Fsp3) is 0.278. The summed E-state index contributed by atoms with van der Waals surface area (Å²) in [4.78, 5) is 22.9. The van der Waals surface area contributed by atoms with E-state index in [4.69, 9.17) is 9.84 Å². The zero-order valence-corrected chi connectivity index (χ0v) is 13.5. The van der Waals surface area contributed by atoms with Crippen LogP contribution in [0.4, 0.5) is 0 Å². The molecule has 0 saturated heterocycles. The second kappa shape index (κ2) is 8.67. The number of carboxylic acids is 1. The molecule has 0 amide bonds. The number of hydrogen-bond donors (Lipinski definition) is 1. The molecule has 1 heterocycles. The molecule has 0 aliphatic carbocycles. The molecule has 0 radical (unpaired) electrons. The van der Waals surface area contributed by atoms with E-state index in [0.717, 1.165) is 5.56 Å². The standard InChI is InChI=1S/C18H20N2O4/c1-2-24-18(23)16(17(21)22)11-15-12-19-20(13-15)10-6-9-14-7-4-3-5-8-14/h3-9,12-13,16H,2,10-11H2,1H3,(H,21,22)/b9-6+. The van der Waals surface area contributed by atoms with E-state index in [9.17, 15) is 9.59 Å². The van der Waals surface area contributed by atoms with E-state index in [-0.39, 0.29) is 13.0 Å². The van der Waals surface area contributed by atoms with Gasteiger partial charge >= 0.3 is 11.9 Å². The first-order valence-corrected chi connectivity index (χ1v) is 7.72. The maximum absolute atomic E-state index is 11.7. The Morgan fingerprint density at radius 2 is 2.08 bits per heavy atom. The fourth-order valence-corrected chi connectivity index (χ4v) is 2.22. The van der Waals surface area contributed by atoms with Crippen molar-refractivity contribution in [2.24, 2.45) is 5.92 Å². The summed E-state index contributed by atoms with van der Waals surface area (Å²) in [7, 11) is 0. The Bertz CT molecular complexity index is 707. The van der Waals surface area contributed by atoms with Gasteiger partial charge in [0.15, 0.2) is 5.92 Å². The molecule has 1 atom stereocenters. The average molecular weight is 328 g/mol. The van der Waals surface area contributed by atoms with Gasteiger partial charge in [0.2, 0.25) is 0 Å². The van der Waals surface area contributed by atoms with Crippen LogP contribution in [0.15, 0.2) is 48.8 Å². The first kappa shape index (κ1) is 17.5. The van der Waals surface area contributed by atoms with Gasteiger partial charge in [-0.25, -0.2) is 0 Å². The van der Waals surface area contributed by atoms with Gasteiger partial charge in [0.25, 0.3) is 0 Å². The van der Waals surface area contributed by atoms with Crippen molar-refractivity contribution < 1.29 is 19.4 Å². The quantitative estimate of drug-likeness (QED) is 0.594. The monoisotopic (exact) mass is 328 g/mol. The highest BCUT2D eigenvalue weighted by Crippen LogP contribution is 2.11. The van der Waals surface area contributed by atoms with E-state index in [1.165, 1.54) is 0 Å². The summed E-state index contributed by atoms with van der Waals surface area (Å²) in [6.07, 6.45) is 7.33. The zero-order valence-electron chi connectivity index (χ0n) is 13.5. The Hall–Kier alpha value is -2.89. The minimum atomic E-state index is -1.21. The number of carbonyl (C=O) groups excluding carboxylic acids is 1. The van der Waals surface area contributed by atoms with E-state index < -0.39 is 17.9 Å². The molecular weight excluding hydrogens is 308 g/mol. The second-order valence-corrected chi connectivity index (χ2v) is 5.23. The fourth-order valence-electron chi connectivity index (χ4n) is 2.22. The SMILES string of the molecule is CCOC(=O)C(Cc1cnn(C/C=C/c2ccccc2)c1)C(=O)O. The van der Waals surface area contributed by atoms with Crippen molar-refractivity contribution in [1.82, 2.24) is 9.78 Å². The molecule has 1 unspecified atom stereocenters. The molecule has 1 aromatic carbocycles. The molecule has 0 spiro atoms. The highest BCUT2D eigenvalue weighted by atomic mass is 16.5. The average Bonchev–Trinajstić information content (AvgIpc) is 3.01.